The summed E-state index contributed by atoms with van der Waals surface area (Å²) >= 11 is 0. The normalized spacial score (nSPS) is 24.3. The van der Waals surface area contributed by atoms with Crippen LogP contribution in [0.4, 0.5) is 5.69 Å². The number of hydrogen-bond acceptors (Lipinski definition) is 4. The van der Waals surface area contributed by atoms with Crippen LogP contribution in [0.1, 0.15) is 38.5 Å². The molecule has 5 heteroatoms. The first kappa shape index (κ1) is 18.7. The molecule has 2 saturated heterocycles. The van der Waals surface area contributed by atoms with Gasteiger partial charge in [0.15, 0.2) is 0 Å². The first-order chi connectivity index (χ1) is 14.2. The number of carbonyl (C=O) groups is 1. The molecule has 3 fully saturated rings. The molecule has 0 bridgehead atoms. The van der Waals surface area contributed by atoms with E-state index in [1.165, 1.54) is 24.2 Å². The molecule has 3 aliphatic rings. The Hall–Kier alpha value is -2.27. The van der Waals surface area contributed by atoms with Crippen LogP contribution < -0.4 is 4.90 Å². The zero-order valence-electron chi connectivity index (χ0n) is 17.1. The van der Waals surface area contributed by atoms with Gasteiger partial charge >= 0.3 is 5.97 Å². The van der Waals surface area contributed by atoms with Crippen molar-refractivity contribution in [2.75, 3.05) is 37.6 Å². The van der Waals surface area contributed by atoms with Gasteiger partial charge in [0.05, 0.1) is 16.8 Å². The average molecular weight is 394 g/mol. The second kappa shape index (κ2) is 7.86. The summed E-state index contributed by atoms with van der Waals surface area (Å²) in [5.41, 5.74) is 2.42. The molecule has 1 aromatic heterocycles. The Kier molecular flexibility index (Phi) is 5.08. The highest BCUT2D eigenvalue weighted by Gasteiger charge is 2.50. The number of aromatic nitrogens is 1. The van der Waals surface area contributed by atoms with Gasteiger partial charge in [-0.3, -0.25) is 9.69 Å². The number of benzene rings is 1. The molecule has 29 heavy (non-hydrogen) atoms. The number of anilines is 1. The van der Waals surface area contributed by atoms with E-state index >= 15 is 0 Å². The Bertz CT molecular complexity index is 834. The lowest BCUT2D eigenvalue weighted by Gasteiger charge is -2.37. The number of para-hydroxylation sites is 2. The highest BCUT2D eigenvalue weighted by Crippen LogP contribution is 2.48. The van der Waals surface area contributed by atoms with Gasteiger partial charge in [-0.05, 0) is 43.5 Å². The van der Waals surface area contributed by atoms with Crippen molar-refractivity contribution in [1.82, 2.24) is 9.47 Å². The third-order valence-corrected chi connectivity index (χ3v) is 7.13. The third kappa shape index (κ3) is 3.68. The molecule has 2 aromatic rings. The molecule has 154 valence electrons. The largest absolute Gasteiger partial charge is 0.462 e. The maximum Gasteiger partial charge on any atom is 0.312 e. The van der Waals surface area contributed by atoms with Crippen molar-refractivity contribution in [3.63, 3.8) is 0 Å². The number of cyclic esters (lactones) is 1. The fourth-order valence-electron chi connectivity index (χ4n) is 5.44. The van der Waals surface area contributed by atoms with E-state index in [1.807, 2.05) is 0 Å². The SMILES string of the molecule is O=C1O[C@@H](CCN2CCN(c3ccccc3-n3cccc3)CC2)CC12CCCC2. The van der Waals surface area contributed by atoms with E-state index in [1.54, 1.807) is 0 Å². The molecule has 5 rings (SSSR count). The fourth-order valence-corrected chi connectivity index (χ4v) is 5.44. The minimum Gasteiger partial charge on any atom is -0.462 e. The molecule has 1 spiro atoms. The average Bonchev–Trinajstić information content (AvgIpc) is 3.50. The number of hydrogen-bond donors (Lipinski definition) is 0. The van der Waals surface area contributed by atoms with Crippen LogP contribution in [0.3, 0.4) is 0 Å². The molecule has 3 heterocycles. The van der Waals surface area contributed by atoms with Crippen LogP contribution in [-0.2, 0) is 9.53 Å². The number of esters is 1. The summed E-state index contributed by atoms with van der Waals surface area (Å²) in [7, 11) is 0. The summed E-state index contributed by atoms with van der Waals surface area (Å²) in [6, 6.07) is 12.8. The van der Waals surface area contributed by atoms with Crippen molar-refractivity contribution in [3.05, 3.63) is 48.8 Å². The van der Waals surface area contributed by atoms with Crippen molar-refractivity contribution in [1.29, 1.82) is 0 Å². The van der Waals surface area contributed by atoms with E-state index in [0.29, 0.717) is 0 Å². The summed E-state index contributed by atoms with van der Waals surface area (Å²) in [5, 5.41) is 0. The predicted octanol–water partition coefficient (Wildman–Crippen LogP) is 3.87. The Morgan fingerprint density at radius 2 is 1.62 bits per heavy atom. The van der Waals surface area contributed by atoms with E-state index in [-0.39, 0.29) is 17.5 Å². The highest BCUT2D eigenvalue weighted by atomic mass is 16.6. The summed E-state index contributed by atoms with van der Waals surface area (Å²) < 4.78 is 7.95. The van der Waals surface area contributed by atoms with E-state index in [0.717, 1.165) is 58.4 Å². The van der Waals surface area contributed by atoms with Gasteiger partial charge in [-0.25, -0.2) is 0 Å². The summed E-state index contributed by atoms with van der Waals surface area (Å²) in [6.45, 7) is 5.22. The first-order valence-corrected chi connectivity index (χ1v) is 11.1. The van der Waals surface area contributed by atoms with Crippen molar-refractivity contribution >= 4 is 11.7 Å². The van der Waals surface area contributed by atoms with Crippen LogP contribution in [0.5, 0.6) is 0 Å². The zero-order valence-corrected chi connectivity index (χ0v) is 17.1. The van der Waals surface area contributed by atoms with E-state index in [4.69, 9.17) is 4.74 Å². The van der Waals surface area contributed by atoms with E-state index < -0.39 is 0 Å². The molecule has 0 radical (unpaired) electrons. The van der Waals surface area contributed by atoms with Gasteiger partial charge < -0.3 is 14.2 Å². The molecular weight excluding hydrogens is 362 g/mol. The highest BCUT2D eigenvalue weighted by molar-refractivity contribution is 5.79. The molecule has 1 atom stereocenters. The molecule has 2 aliphatic heterocycles. The molecule has 1 aromatic carbocycles. The van der Waals surface area contributed by atoms with Gasteiger partial charge in [0, 0.05) is 51.5 Å². The van der Waals surface area contributed by atoms with Gasteiger partial charge in [0.25, 0.3) is 0 Å². The maximum atomic E-state index is 12.3. The van der Waals surface area contributed by atoms with Gasteiger partial charge in [-0.2, -0.15) is 0 Å². The topological polar surface area (TPSA) is 37.7 Å². The number of piperazine rings is 1. The first-order valence-electron chi connectivity index (χ1n) is 11.1. The molecule has 0 amide bonds. The molecular formula is C24H31N3O2. The second-order valence-corrected chi connectivity index (χ2v) is 8.92. The summed E-state index contributed by atoms with van der Waals surface area (Å²) in [6.07, 6.45) is 10.7. The second-order valence-electron chi connectivity index (χ2n) is 8.92. The Morgan fingerprint density at radius 3 is 2.34 bits per heavy atom. The van der Waals surface area contributed by atoms with Crippen LogP contribution >= 0.6 is 0 Å². The van der Waals surface area contributed by atoms with Crippen LogP contribution in [0.15, 0.2) is 48.8 Å². The Labute approximate surface area is 173 Å². The summed E-state index contributed by atoms with van der Waals surface area (Å²) in [4.78, 5) is 17.4. The van der Waals surface area contributed by atoms with E-state index in [2.05, 4.69) is 63.2 Å². The van der Waals surface area contributed by atoms with Crippen LogP contribution in [0.2, 0.25) is 0 Å². The molecule has 1 saturated carbocycles. The zero-order chi connectivity index (χ0) is 19.7. The predicted molar refractivity (Wildman–Crippen MR) is 114 cm³/mol. The fraction of sp³-hybridized carbons (Fsp3) is 0.542. The molecule has 5 nitrogen and oxygen atoms in total. The van der Waals surface area contributed by atoms with Crippen molar-refractivity contribution in [2.45, 2.75) is 44.6 Å². The standard InChI is InChI=1S/C24H31N3O2/c28-23-24(10-3-4-11-24)19-20(29-23)9-14-25-15-17-27(18-16-25)22-8-2-1-7-21(22)26-12-5-6-13-26/h1-2,5-8,12-13,20H,3-4,9-11,14-19H2/t20-/m0/s1. The Morgan fingerprint density at radius 1 is 0.931 bits per heavy atom. The van der Waals surface area contributed by atoms with Crippen LogP contribution in [0.25, 0.3) is 5.69 Å². The third-order valence-electron chi connectivity index (χ3n) is 7.13. The van der Waals surface area contributed by atoms with E-state index in [9.17, 15) is 4.79 Å². The lowest BCUT2D eigenvalue weighted by Crippen LogP contribution is -2.47. The van der Waals surface area contributed by atoms with Gasteiger partial charge in [-0.1, -0.05) is 25.0 Å². The Balaban J connectivity index is 1.15. The van der Waals surface area contributed by atoms with Gasteiger partial charge in [-0.15, -0.1) is 0 Å². The van der Waals surface area contributed by atoms with Gasteiger partial charge in [0.1, 0.15) is 6.10 Å². The van der Waals surface area contributed by atoms with Crippen LogP contribution in [0, 0.1) is 5.41 Å². The quantitative estimate of drug-likeness (QED) is 0.723. The van der Waals surface area contributed by atoms with Gasteiger partial charge in [0.2, 0.25) is 0 Å². The van der Waals surface area contributed by atoms with Crippen molar-refractivity contribution < 1.29 is 9.53 Å². The number of rotatable bonds is 5. The maximum absolute atomic E-state index is 12.3. The van der Waals surface area contributed by atoms with Crippen molar-refractivity contribution in [3.8, 4) is 5.69 Å². The lowest BCUT2D eigenvalue weighted by atomic mass is 9.83. The lowest BCUT2D eigenvalue weighted by molar-refractivity contribution is -0.148. The van der Waals surface area contributed by atoms with Crippen LogP contribution in [-0.4, -0.2) is 54.3 Å². The number of nitrogens with zero attached hydrogens (tertiary/aromatic N) is 3. The molecule has 0 N–H and O–H groups in total. The minimum absolute atomic E-state index is 0.0893. The molecule has 0 unspecified atom stereocenters. The summed E-state index contributed by atoms with van der Waals surface area (Å²) in [5.74, 6) is 0.0893. The number of carbonyl (C=O) groups excluding carboxylic acids is 1. The smallest absolute Gasteiger partial charge is 0.312 e. The monoisotopic (exact) mass is 393 g/mol. The minimum atomic E-state index is -0.120. The number of ether oxygens (including phenoxy) is 1. The van der Waals surface area contributed by atoms with Crippen molar-refractivity contribution in [2.24, 2.45) is 5.41 Å². The molecule has 1 aliphatic carbocycles.